The molecule has 1 atom stereocenters. The second kappa shape index (κ2) is 5.83. The Labute approximate surface area is 56.9 Å². The van der Waals surface area contributed by atoms with E-state index in [1.807, 2.05) is 0 Å². The molecule has 0 aliphatic heterocycles. The largest absolute Gasteiger partial charge is 0.503 e. The van der Waals surface area contributed by atoms with Crippen LogP contribution in [0.25, 0.3) is 0 Å². The summed E-state index contributed by atoms with van der Waals surface area (Å²) in [7, 11) is 0. The highest BCUT2D eigenvalue weighted by Gasteiger charge is 1.99. The fourth-order valence-electron chi connectivity index (χ4n) is 0. The Morgan fingerprint density at radius 2 is 1.40 bits per heavy atom. The number of carbonyl (C=O) groups is 2. The van der Waals surface area contributed by atoms with Crippen molar-refractivity contribution in [3.63, 3.8) is 0 Å². The average Bonchev–Trinajstić information content (AvgIpc) is 1.63. The molecule has 0 radical (unpaired) electrons. The summed E-state index contributed by atoms with van der Waals surface area (Å²) in [6.45, 7) is 1.42. The second-order valence-corrected chi connectivity index (χ2v) is 1.41. The predicted molar refractivity (Wildman–Crippen MR) is 31.9 cm³/mol. The number of nitrogens with two attached hydrogens (primary N) is 1. The molecule has 1 unspecified atom stereocenters. The van der Waals surface area contributed by atoms with E-state index < -0.39 is 18.2 Å². The highest BCUT2D eigenvalue weighted by atomic mass is 16.6. The van der Waals surface area contributed by atoms with Crippen LogP contribution in [0.15, 0.2) is 0 Å². The molecule has 0 heterocycles. The van der Waals surface area contributed by atoms with E-state index in [1.165, 1.54) is 6.92 Å². The summed E-state index contributed by atoms with van der Waals surface area (Å²) in [5, 5.41) is 21.8. The zero-order chi connectivity index (χ0) is 8.73. The van der Waals surface area contributed by atoms with Gasteiger partial charge in [0, 0.05) is 0 Å². The Bertz CT molecular complexity index is 117. The van der Waals surface area contributed by atoms with Crippen molar-refractivity contribution in [2.24, 2.45) is 5.73 Å². The van der Waals surface area contributed by atoms with Gasteiger partial charge >= 0.3 is 12.1 Å². The van der Waals surface area contributed by atoms with E-state index in [4.69, 9.17) is 25.8 Å². The van der Waals surface area contributed by atoms with Gasteiger partial charge in [-0.3, -0.25) is 4.79 Å². The first-order chi connectivity index (χ1) is 4.37. The summed E-state index contributed by atoms with van der Waals surface area (Å²) in [6, 6.07) is -0.731. The van der Waals surface area contributed by atoms with Crippen LogP contribution in [-0.4, -0.2) is 33.5 Å². The van der Waals surface area contributed by atoms with E-state index >= 15 is 0 Å². The Balaban J connectivity index is 0. The van der Waals surface area contributed by atoms with Crippen LogP contribution in [0.1, 0.15) is 6.92 Å². The molecular weight excluding hydrogens is 142 g/mol. The van der Waals surface area contributed by atoms with Crippen molar-refractivity contribution < 1.29 is 24.9 Å². The summed E-state index contributed by atoms with van der Waals surface area (Å²) in [4.78, 5) is 18.1. The van der Waals surface area contributed by atoms with Crippen LogP contribution in [0.3, 0.4) is 0 Å². The smallest absolute Gasteiger partial charge is 0.480 e. The molecule has 0 saturated heterocycles. The summed E-state index contributed by atoms with van der Waals surface area (Å²) < 4.78 is 0. The summed E-state index contributed by atoms with van der Waals surface area (Å²) in [6.07, 6.45) is -1.83. The molecule has 0 rings (SSSR count). The van der Waals surface area contributed by atoms with Crippen LogP contribution >= 0.6 is 0 Å². The minimum atomic E-state index is -1.83. The maximum atomic E-state index is 9.57. The van der Waals surface area contributed by atoms with Crippen LogP contribution in [0.5, 0.6) is 0 Å². The van der Waals surface area contributed by atoms with Crippen molar-refractivity contribution in [2.75, 3.05) is 0 Å². The van der Waals surface area contributed by atoms with Gasteiger partial charge < -0.3 is 21.1 Å². The van der Waals surface area contributed by atoms with Crippen LogP contribution < -0.4 is 5.73 Å². The molecule has 5 N–H and O–H groups in total. The van der Waals surface area contributed by atoms with E-state index in [0.717, 1.165) is 0 Å². The highest BCUT2D eigenvalue weighted by Crippen LogP contribution is 1.68. The van der Waals surface area contributed by atoms with Crippen LogP contribution in [0.4, 0.5) is 4.79 Å². The molecule has 0 saturated carbocycles. The van der Waals surface area contributed by atoms with E-state index in [1.54, 1.807) is 0 Å². The van der Waals surface area contributed by atoms with Crippen molar-refractivity contribution in [3.05, 3.63) is 0 Å². The Morgan fingerprint density at radius 3 is 1.40 bits per heavy atom. The highest BCUT2D eigenvalue weighted by molar-refractivity contribution is 5.72. The molecule has 0 aliphatic carbocycles. The number of carboxylic acid groups (broad SMARTS) is 3. The number of hydrogen-bond acceptors (Lipinski definition) is 3. The topological polar surface area (TPSA) is 121 Å². The van der Waals surface area contributed by atoms with Gasteiger partial charge in [-0.25, -0.2) is 4.79 Å². The lowest BCUT2D eigenvalue weighted by molar-refractivity contribution is -0.138. The first-order valence-corrected chi connectivity index (χ1v) is 2.28. The van der Waals surface area contributed by atoms with E-state index in [2.05, 4.69) is 0 Å². The quantitative estimate of drug-likeness (QED) is 0.406. The number of carboxylic acids is 1. The fraction of sp³-hybridized carbons (Fsp3) is 0.500. The van der Waals surface area contributed by atoms with Crippen molar-refractivity contribution in [1.29, 1.82) is 0 Å². The third kappa shape index (κ3) is 29.9. The normalized spacial score (nSPS) is 10.6. The molecule has 6 nitrogen and oxygen atoms in total. The Morgan fingerprint density at radius 1 is 1.30 bits per heavy atom. The third-order valence-corrected chi connectivity index (χ3v) is 0.390. The van der Waals surface area contributed by atoms with Gasteiger partial charge in [0.1, 0.15) is 6.04 Å². The molecule has 0 aromatic carbocycles. The zero-order valence-corrected chi connectivity index (χ0v) is 5.31. The summed E-state index contributed by atoms with van der Waals surface area (Å²) in [5.41, 5.74) is 4.84. The molecule has 0 bridgehead atoms. The maximum Gasteiger partial charge on any atom is 0.503 e. The van der Waals surface area contributed by atoms with Crippen LogP contribution in [-0.2, 0) is 4.79 Å². The maximum absolute atomic E-state index is 9.57. The fourth-order valence-corrected chi connectivity index (χ4v) is 0. The van der Waals surface area contributed by atoms with Crippen molar-refractivity contribution in [1.82, 2.24) is 0 Å². The minimum Gasteiger partial charge on any atom is -0.480 e. The molecule has 0 aliphatic rings. The first kappa shape index (κ1) is 11.5. The molecule has 0 aromatic heterocycles. The molecule has 10 heavy (non-hydrogen) atoms. The molecule has 0 aromatic rings. The van der Waals surface area contributed by atoms with Gasteiger partial charge in [0.15, 0.2) is 0 Å². The molecule has 0 fully saturated rings. The first-order valence-electron chi connectivity index (χ1n) is 2.28. The van der Waals surface area contributed by atoms with Crippen LogP contribution in [0, 0.1) is 0 Å². The van der Waals surface area contributed by atoms with Gasteiger partial charge in [-0.15, -0.1) is 0 Å². The van der Waals surface area contributed by atoms with Gasteiger partial charge in [0.2, 0.25) is 0 Å². The molecule has 6 heteroatoms. The predicted octanol–water partition coefficient (Wildman–Crippen LogP) is -0.359. The van der Waals surface area contributed by atoms with E-state index in [9.17, 15) is 4.79 Å². The minimum absolute atomic E-state index is 0.731. The zero-order valence-electron chi connectivity index (χ0n) is 5.31. The Hall–Kier alpha value is -1.30. The molecule has 0 spiro atoms. The summed E-state index contributed by atoms with van der Waals surface area (Å²) >= 11 is 0. The average molecular weight is 151 g/mol. The van der Waals surface area contributed by atoms with Gasteiger partial charge in [-0.05, 0) is 6.92 Å². The lowest BCUT2D eigenvalue weighted by Gasteiger charge is -1.90. The molecule has 0 amide bonds. The van der Waals surface area contributed by atoms with Gasteiger partial charge in [-0.2, -0.15) is 0 Å². The van der Waals surface area contributed by atoms with Gasteiger partial charge in [-0.1, -0.05) is 0 Å². The monoisotopic (exact) mass is 151 g/mol. The lowest BCUT2D eigenvalue weighted by Crippen LogP contribution is -2.25. The van der Waals surface area contributed by atoms with Crippen LogP contribution in [0.2, 0.25) is 0 Å². The SMILES string of the molecule is CC(N)C(=O)O.O=C(O)O. The molecular formula is C4H9NO5. The third-order valence-electron chi connectivity index (χ3n) is 0.390. The summed E-state index contributed by atoms with van der Waals surface area (Å²) in [5.74, 6) is -0.963. The van der Waals surface area contributed by atoms with E-state index in [-0.39, 0.29) is 0 Å². The van der Waals surface area contributed by atoms with Crippen molar-refractivity contribution in [3.8, 4) is 0 Å². The standard InChI is InChI=1S/C3H7NO2.CH2O3/c1-2(4)3(5)6;2-1(3)4/h2H,4H2,1H3,(H,5,6);(H2,2,3,4). The number of hydrogen-bond donors (Lipinski definition) is 4. The van der Waals surface area contributed by atoms with E-state index in [0.29, 0.717) is 0 Å². The van der Waals surface area contributed by atoms with Crippen molar-refractivity contribution in [2.45, 2.75) is 13.0 Å². The van der Waals surface area contributed by atoms with Gasteiger partial charge in [0.05, 0.1) is 0 Å². The Kier molecular flexibility index (Phi) is 6.70. The number of aliphatic carboxylic acids is 1. The van der Waals surface area contributed by atoms with Gasteiger partial charge in [0.25, 0.3) is 0 Å². The lowest BCUT2D eigenvalue weighted by atomic mass is 10.4. The molecule has 60 valence electrons. The second-order valence-electron chi connectivity index (χ2n) is 1.41. The van der Waals surface area contributed by atoms with Crippen molar-refractivity contribution >= 4 is 12.1 Å². The number of rotatable bonds is 1.